The molecule has 24 heavy (non-hydrogen) atoms. The summed E-state index contributed by atoms with van der Waals surface area (Å²) in [6.45, 7) is 8.15. The number of aryl methyl sites for hydroxylation is 2. The summed E-state index contributed by atoms with van der Waals surface area (Å²) >= 11 is 0. The van der Waals surface area contributed by atoms with Crippen molar-refractivity contribution < 1.29 is 14.1 Å². The van der Waals surface area contributed by atoms with Crippen molar-refractivity contribution in [1.29, 1.82) is 0 Å². The lowest BCUT2D eigenvalue weighted by molar-refractivity contribution is -0.129. The van der Waals surface area contributed by atoms with E-state index in [0.717, 1.165) is 29.9 Å². The topological polar surface area (TPSA) is 86.3 Å². The van der Waals surface area contributed by atoms with Crippen LogP contribution in [0.3, 0.4) is 0 Å². The van der Waals surface area contributed by atoms with E-state index in [-0.39, 0.29) is 11.9 Å². The van der Waals surface area contributed by atoms with E-state index in [9.17, 15) is 4.79 Å². The summed E-state index contributed by atoms with van der Waals surface area (Å²) in [5.41, 5.74) is 2.49. The van der Waals surface area contributed by atoms with E-state index in [4.69, 9.17) is 9.26 Å². The van der Waals surface area contributed by atoms with Gasteiger partial charge in [-0.1, -0.05) is 10.4 Å². The molecule has 1 unspecified atom stereocenters. The van der Waals surface area contributed by atoms with Gasteiger partial charge in [-0.25, -0.2) is 4.68 Å². The predicted octanol–water partition coefficient (Wildman–Crippen LogP) is 1.44. The second-order valence-corrected chi connectivity index (χ2v) is 6.09. The number of rotatable bonds is 6. The molecule has 0 radical (unpaired) electrons. The first-order valence-corrected chi connectivity index (χ1v) is 8.26. The van der Waals surface area contributed by atoms with Gasteiger partial charge in [-0.05, 0) is 27.2 Å². The zero-order valence-electron chi connectivity index (χ0n) is 14.4. The highest BCUT2D eigenvalue weighted by Gasteiger charge is 2.29. The summed E-state index contributed by atoms with van der Waals surface area (Å²) in [5.74, 6) is 0.815. The molecular formula is C16H23N5O3. The molecule has 0 aromatic carbocycles. The van der Waals surface area contributed by atoms with Gasteiger partial charge in [-0.3, -0.25) is 4.79 Å². The number of aromatic nitrogens is 4. The maximum Gasteiger partial charge on any atom is 0.227 e. The minimum absolute atomic E-state index is 0.0987. The van der Waals surface area contributed by atoms with Crippen molar-refractivity contribution in [3.8, 4) is 0 Å². The third-order valence-electron chi connectivity index (χ3n) is 4.41. The summed E-state index contributed by atoms with van der Waals surface area (Å²) in [5, 5.41) is 12.2. The van der Waals surface area contributed by atoms with Crippen LogP contribution in [-0.2, 0) is 22.6 Å². The van der Waals surface area contributed by atoms with E-state index < -0.39 is 0 Å². The van der Waals surface area contributed by atoms with Crippen molar-refractivity contribution >= 4 is 5.91 Å². The van der Waals surface area contributed by atoms with E-state index in [1.807, 2.05) is 36.5 Å². The lowest BCUT2D eigenvalue weighted by Crippen LogP contribution is -2.30. The van der Waals surface area contributed by atoms with Crippen molar-refractivity contribution in [2.24, 2.45) is 0 Å². The molecule has 0 bridgehead atoms. The summed E-state index contributed by atoms with van der Waals surface area (Å²) in [7, 11) is 0. The minimum Gasteiger partial charge on any atom is -0.375 e. The molecule has 3 rings (SSSR count). The number of likely N-dealkylation sites (tertiary alicyclic amines) is 1. The standard InChI is InChI=1S/C16H23N5O3/c1-4-23-10-13-8-21(19-17-13)14-5-6-20(9-14)16(22)7-15-11(2)18-24-12(15)3/h8,14H,4-7,9-10H2,1-3H3. The highest BCUT2D eigenvalue weighted by molar-refractivity contribution is 5.79. The second kappa shape index (κ2) is 7.12. The predicted molar refractivity (Wildman–Crippen MR) is 85.3 cm³/mol. The smallest absolute Gasteiger partial charge is 0.227 e. The number of carbonyl (C=O) groups is 1. The van der Waals surface area contributed by atoms with E-state index in [2.05, 4.69) is 15.5 Å². The van der Waals surface area contributed by atoms with Gasteiger partial charge >= 0.3 is 0 Å². The van der Waals surface area contributed by atoms with Gasteiger partial charge in [0.05, 0.1) is 31.0 Å². The number of amides is 1. The Bertz CT molecular complexity index is 689. The maximum absolute atomic E-state index is 12.5. The number of hydrogen-bond donors (Lipinski definition) is 0. The Kier molecular flexibility index (Phi) is 4.94. The molecule has 1 saturated heterocycles. The Morgan fingerprint density at radius 1 is 1.46 bits per heavy atom. The fraction of sp³-hybridized carbons (Fsp3) is 0.625. The molecule has 1 atom stereocenters. The summed E-state index contributed by atoms with van der Waals surface area (Å²) in [6.07, 6.45) is 3.12. The number of ether oxygens (including phenoxy) is 1. The monoisotopic (exact) mass is 333 g/mol. The molecule has 0 N–H and O–H groups in total. The largest absolute Gasteiger partial charge is 0.375 e. The van der Waals surface area contributed by atoms with E-state index in [1.54, 1.807) is 0 Å². The zero-order valence-corrected chi connectivity index (χ0v) is 14.4. The molecule has 0 saturated carbocycles. The van der Waals surface area contributed by atoms with Crippen LogP contribution in [0.1, 0.15) is 42.1 Å². The van der Waals surface area contributed by atoms with Crippen LogP contribution < -0.4 is 0 Å². The molecule has 2 aromatic rings. The second-order valence-electron chi connectivity index (χ2n) is 6.09. The summed E-state index contributed by atoms with van der Waals surface area (Å²) < 4.78 is 12.3. The average molecular weight is 333 g/mol. The van der Waals surface area contributed by atoms with Gasteiger partial charge in [0.15, 0.2) is 0 Å². The lowest BCUT2D eigenvalue weighted by Gasteiger charge is -2.16. The van der Waals surface area contributed by atoms with Crippen LogP contribution in [-0.4, -0.2) is 50.7 Å². The molecule has 8 nitrogen and oxygen atoms in total. The molecule has 1 fully saturated rings. The molecule has 0 aliphatic carbocycles. The summed E-state index contributed by atoms with van der Waals surface area (Å²) in [4.78, 5) is 14.4. The number of hydrogen-bond acceptors (Lipinski definition) is 6. The first-order valence-electron chi connectivity index (χ1n) is 8.26. The maximum atomic E-state index is 12.5. The Morgan fingerprint density at radius 3 is 3.00 bits per heavy atom. The van der Waals surface area contributed by atoms with Crippen LogP contribution >= 0.6 is 0 Å². The Morgan fingerprint density at radius 2 is 2.29 bits per heavy atom. The molecular weight excluding hydrogens is 310 g/mol. The third-order valence-corrected chi connectivity index (χ3v) is 4.41. The Balaban J connectivity index is 1.58. The van der Waals surface area contributed by atoms with Crippen molar-refractivity contribution in [3.63, 3.8) is 0 Å². The van der Waals surface area contributed by atoms with Crippen LogP contribution in [0.2, 0.25) is 0 Å². The molecule has 130 valence electrons. The van der Waals surface area contributed by atoms with E-state index >= 15 is 0 Å². The molecule has 1 aliphatic heterocycles. The normalized spacial score (nSPS) is 17.6. The van der Waals surface area contributed by atoms with Crippen LogP contribution in [0, 0.1) is 13.8 Å². The summed E-state index contributed by atoms with van der Waals surface area (Å²) in [6, 6.07) is 0.168. The molecule has 3 heterocycles. The molecule has 1 amide bonds. The van der Waals surface area contributed by atoms with Crippen LogP contribution in [0.5, 0.6) is 0 Å². The van der Waals surface area contributed by atoms with E-state index in [0.29, 0.717) is 31.9 Å². The van der Waals surface area contributed by atoms with Crippen LogP contribution in [0.15, 0.2) is 10.7 Å². The molecule has 1 aliphatic rings. The highest BCUT2D eigenvalue weighted by Crippen LogP contribution is 2.23. The van der Waals surface area contributed by atoms with Gasteiger partial charge in [0.1, 0.15) is 11.5 Å². The number of carbonyl (C=O) groups excluding carboxylic acids is 1. The number of nitrogens with zero attached hydrogens (tertiary/aromatic N) is 5. The Labute approximate surface area is 140 Å². The molecule has 0 spiro atoms. The van der Waals surface area contributed by atoms with Crippen molar-refractivity contribution in [3.05, 3.63) is 28.9 Å². The van der Waals surface area contributed by atoms with Crippen molar-refractivity contribution in [2.45, 2.75) is 46.3 Å². The van der Waals surface area contributed by atoms with Crippen molar-refractivity contribution in [2.75, 3.05) is 19.7 Å². The minimum atomic E-state index is 0.0987. The fourth-order valence-electron chi connectivity index (χ4n) is 2.97. The highest BCUT2D eigenvalue weighted by atomic mass is 16.5. The van der Waals surface area contributed by atoms with E-state index in [1.165, 1.54) is 0 Å². The van der Waals surface area contributed by atoms with Gasteiger partial charge in [-0.2, -0.15) is 0 Å². The van der Waals surface area contributed by atoms with Gasteiger partial charge < -0.3 is 14.2 Å². The quantitative estimate of drug-likeness (QED) is 0.795. The van der Waals surface area contributed by atoms with Gasteiger partial charge in [0.2, 0.25) is 5.91 Å². The first kappa shape index (κ1) is 16.6. The van der Waals surface area contributed by atoms with Crippen LogP contribution in [0.25, 0.3) is 0 Å². The third kappa shape index (κ3) is 3.48. The first-order chi connectivity index (χ1) is 11.6. The molecule has 2 aromatic heterocycles. The molecule has 8 heteroatoms. The lowest BCUT2D eigenvalue weighted by atomic mass is 10.1. The van der Waals surface area contributed by atoms with Gasteiger partial charge in [0, 0.05) is 25.3 Å². The average Bonchev–Trinajstić information content (AvgIpc) is 3.28. The van der Waals surface area contributed by atoms with Gasteiger partial charge in [-0.15, -0.1) is 5.10 Å². The fourth-order valence-corrected chi connectivity index (χ4v) is 2.97. The zero-order chi connectivity index (χ0) is 17.1. The van der Waals surface area contributed by atoms with Crippen molar-refractivity contribution in [1.82, 2.24) is 25.1 Å². The Hall–Kier alpha value is -2.22. The van der Waals surface area contributed by atoms with Crippen LogP contribution in [0.4, 0.5) is 0 Å². The van der Waals surface area contributed by atoms with Gasteiger partial charge in [0.25, 0.3) is 0 Å². The SMILES string of the molecule is CCOCc1cn(C2CCN(C(=O)Cc3c(C)noc3C)C2)nn1.